The first-order valence-electron chi connectivity index (χ1n) is 5.87. The fraction of sp³-hybridized carbons (Fsp3) is 0.417. The third kappa shape index (κ3) is 2.29. The summed E-state index contributed by atoms with van der Waals surface area (Å²) < 4.78 is 24.0. The number of nitro groups is 1. The number of carbonyl (C=O) groups excluding carboxylic acids is 1. The molecule has 1 saturated heterocycles. The van der Waals surface area contributed by atoms with Gasteiger partial charge in [-0.2, -0.15) is 0 Å². The number of carbonyl (C=O) groups is 1. The van der Waals surface area contributed by atoms with Crippen LogP contribution in [0.4, 0.5) is 15.8 Å². The number of anilines is 1. The molecule has 1 atom stereocenters. The fourth-order valence-corrected chi connectivity index (χ4v) is 1.98. The van der Waals surface area contributed by atoms with Crippen molar-refractivity contribution in [1.29, 1.82) is 0 Å². The van der Waals surface area contributed by atoms with Gasteiger partial charge in [0.2, 0.25) is 0 Å². The maximum atomic E-state index is 14.4. The van der Waals surface area contributed by atoms with Gasteiger partial charge in [0, 0.05) is 19.5 Å². The number of benzene rings is 1. The number of halogens is 1. The Morgan fingerprint density at radius 3 is 2.70 bits per heavy atom. The summed E-state index contributed by atoms with van der Waals surface area (Å²) in [4.78, 5) is 23.1. The number of esters is 1. The van der Waals surface area contributed by atoms with Crippen molar-refractivity contribution in [3.8, 4) is 0 Å². The Kier molecular flexibility index (Phi) is 3.84. The molecule has 0 unspecified atom stereocenters. The Hall–Kier alpha value is -2.22. The highest BCUT2D eigenvalue weighted by atomic mass is 19.1. The quantitative estimate of drug-likeness (QED) is 0.475. The molecule has 0 aliphatic carbocycles. The summed E-state index contributed by atoms with van der Waals surface area (Å²) in [6, 6.07) is 2.12. The predicted molar refractivity (Wildman–Crippen MR) is 67.2 cm³/mol. The smallest absolute Gasteiger partial charge is 0.340 e. The first-order chi connectivity index (χ1) is 9.47. The summed E-state index contributed by atoms with van der Waals surface area (Å²) in [6.45, 7) is 0.515. The molecule has 7 nitrogen and oxygen atoms in total. The van der Waals surface area contributed by atoms with Crippen LogP contribution in [0.1, 0.15) is 16.8 Å². The molecule has 0 bridgehead atoms. The van der Waals surface area contributed by atoms with E-state index in [4.69, 9.17) is 4.74 Å². The molecule has 0 radical (unpaired) electrons. The number of nitrogens with zero attached hydrogens (tertiary/aromatic N) is 2. The molecule has 1 aliphatic rings. The number of hydrogen-bond acceptors (Lipinski definition) is 6. The van der Waals surface area contributed by atoms with Crippen molar-refractivity contribution < 1.29 is 23.6 Å². The highest BCUT2D eigenvalue weighted by molar-refractivity contribution is 5.92. The van der Waals surface area contributed by atoms with Crippen molar-refractivity contribution in [3.63, 3.8) is 0 Å². The molecule has 0 N–H and O–H groups in total. The van der Waals surface area contributed by atoms with Crippen molar-refractivity contribution in [2.24, 2.45) is 0 Å². The van der Waals surface area contributed by atoms with Crippen LogP contribution in [-0.4, -0.2) is 37.9 Å². The van der Waals surface area contributed by atoms with E-state index in [2.05, 4.69) is 4.74 Å². The Balaban J connectivity index is 2.53. The third-order valence-corrected chi connectivity index (χ3v) is 3.16. The van der Waals surface area contributed by atoms with Crippen LogP contribution >= 0.6 is 0 Å². The van der Waals surface area contributed by atoms with Gasteiger partial charge in [0.15, 0.2) is 11.5 Å². The minimum Gasteiger partial charge on any atom is -0.465 e. The number of hydrogen-bond donors (Lipinski definition) is 0. The normalized spacial score (nSPS) is 17.2. The van der Waals surface area contributed by atoms with Gasteiger partial charge in [-0.1, -0.05) is 0 Å². The monoisotopic (exact) mass is 284 g/mol. The summed E-state index contributed by atoms with van der Waals surface area (Å²) in [5, 5.41) is 11.0. The Bertz CT molecular complexity index is 559. The van der Waals surface area contributed by atoms with E-state index in [0.717, 1.165) is 19.2 Å². The maximum Gasteiger partial charge on any atom is 0.340 e. The van der Waals surface area contributed by atoms with E-state index < -0.39 is 28.6 Å². The van der Waals surface area contributed by atoms with E-state index in [0.29, 0.717) is 13.0 Å². The van der Waals surface area contributed by atoms with Crippen LogP contribution in [0.25, 0.3) is 0 Å². The summed E-state index contributed by atoms with van der Waals surface area (Å²) in [5.41, 5.74) is -1.05. The van der Waals surface area contributed by atoms with E-state index in [1.165, 1.54) is 11.9 Å². The fourth-order valence-electron chi connectivity index (χ4n) is 1.98. The second kappa shape index (κ2) is 5.41. The van der Waals surface area contributed by atoms with Crippen LogP contribution in [0.5, 0.6) is 0 Å². The zero-order valence-electron chi connectivity index (χ0n) is 11.0. The minimum atomic E-state index is -0.982. The number of rotatable bonds is 4. The van der Waals surface area contributed by atoms with E-state index in [1.54, 1.807) is 0 Å². The molecule has 8 heteroatoms. The van der Waals surface area contributed by atoms with Crippen LogP contribution < -0.4 is 4.90 Å². The van der Waals surface area contributed by atoms with Crippen LogP contribution in [0, 0.1) is 15.9 Å². The molecule has 1 fully saturated rings. The van der Waals surface area contributed by atoms with Gasteiger partial charge in [0.25, 0.3) is 5.69 Å². The summed E-state index contributed by atoms with van der Waals surface area (Å²) >= 11 is 0. The topological polar surface area (TPSA) is 81.9 Å². The lowest BCUT2D eigenvalue weighted by atomic mass is 10.1. The molecule has 1 aromatic carbocycles. The van der Waals surface area contributed by atoms with Crippen molar-refractivity contribution in [1.82, 2.24) is 0 Å². The lowest BCUT2D eigenvalue weighted by Gasteiger charge is -2.36. The second-order valence-corrected chi connectivity index (χ2v) is 4.27. The summed E-state index contributed by atoms with van der Waals surface area (Å²) in [7, 11) is 2.60. The highest BCUT2D eigenvalue weighted by Crippen LogP contribution is 2.35. The second-order valence-electron chi connectivity index (χ2n) is 4.27. The van der Waals surface area contributed by atoms with Crippen molar-refractivity contribution >= 4 is 17.3 Å². The zero-order chi connectivity index (χ0) is 14.9. The van der Waals surface area contributed by atoms with Gasteiger partial charge < -0.3 is 14.4 Å². The Morgan fingerprint density at radius 1 is 1.60 bits per heavy atom. The molecule has 2 rings (SSSR count). The van der Waals surface area contributed by atoms with Gasteiger partial charge in [-0.15, -0.1) is 0 Å². The van der Waals surface area contributed by atoms with E-state index >= 15 is 0 Å². The molecular formula is C12H13FN2O5. The molecule has 1 heterocycles. The van der Waals surface area contributed by atoms with Crippen LogP contribution in [0.15, 0.2) is 12.1 Å². The predicted octanol–water partition coefficient (Wildman–Crippen LogP) is 1.70. The number of ether oxygens (including phenoxy) is 2. The summed E-state index contributed by atoms with van der Waals surface area (Å²) in [6.07, 6.45) is 0.200. The lowest BCUT2D eigenvalue weighted by molar-refractivity contribution is -0.384. The van der Waals surface area contributed by atoms with Crippen molar-refractivity contribution in [2.45, 2.75) is 12.6 Å². The van der Waals surface area contributed by atoms with Gasteiger partial charge >= 0.3 is 5.97 Å². The standard InChI is InChI=1S/C12H13FN2O5/c1-14(9-5-6-20-9)11-8(15(17)18)4-3-7(10(11)13)12(16)19-2/h3-4,9H,5-6H2,1-2H3/t9-/m0/s1. The van der Waals surface area contributed by atoms with Gasteiger partial charge in [0.1, 0.15) is 6.23 Å². The Labute approximate surface area is 114 Å². The average molecular weight is 284 g/mol. The molecular weight excluding hydrogens is 271 g/mol. The SMILES string of the molecule is COC(=O)c1ccc([N+](=O)[O-])c(N(C)[C@@H]2CCO2)c1F. The average Bonchev–Trinajstić information content (AvgIpc) is 2.34. The van der Waals surface area contributed by atoms with Gasteiger partial charge in [-0.3, -0.25) is 10.1 Å². The minimum absolute atomic E-state index is 0.275. The summed E-state index contributed by atoms with van der Waals surface area (Å²) in [5.74, 6) is -1.87. The van der Waals surface area contributed by atoms with Gasteiger partial charge in [-0.05, 0) is 6.07 Å². The van der Waals surface area contributed by atoms with Crippen LogP contribution in [0.2, 0.25) is 0 Å². The molecule has 20 heavy (non-hydrogen) atoms. The first kappa shape index (κ1) is 14.2. The van der Waals surface area contributed by atoms with Crippen LogP contribution in [0.3, 0.4) is 0 Å². The largest absolute Gasteiger partial charge is 0.465 e. The van der Waals surface area contributed by atoms with E-state index in [9.17, 15) is 19.3 Å². The zero-order valence-corrected chi connectivity index (χ0v) is 11.0. The molecule has 0 spiro atoms. The molecule has 0 amide bonds. The van der Waals surface area contributed by atoms with E-state index in [1.807, 2.05) is 0 Å². The number of methoxy groups -OCH3 is 1. The highest BCUT2D eigenvalue weighted by Gasteiger charge is 2.33. The molecule has 108 valence electrons. The Morgan fingerprint density at radius 2 is 2.25 bits per heavy atom. The molecule has 1 aliphatic heterocycles. The maximum absolute atomic E-state index is 14.4. The van der Waals surface area contributed by atoms with Gasteiger partial charge in [-0.25, -0.2) is 9.18 Å². The molecule has 0 saturated carbocycles. The number of nitro benzene ring substituents is 1. The van der Waals surface area contributed by atoms with Gasteiger partial charge in [0.05, 0.1) is 24.2 Å². The third-order valence-electron chi connectivity index (χ3n) is 3.16. The van der Waals surface area contributed by atoms with Crippen LogP contribution in [-0.2, 0) is 9.47 Å². The first-order valence-corrected chi connectivity index (χ1v) is 5.87. The van der Waals surface area contributed by atoms with Crippen molar-refractivity contribution in [3.05, 3.63) is 33.6 Å². The van der Waals surface area contributed by atoms with Crippen molar-refractivity contribution in [2.75, 3.05) is 25.7 Å². The van der Waals surface area contributed by atoms with E-state index in [-0.39, 0.29) is 11.3 Å². The molecule has 1 aromatic rings. The molecule has 0 aromatic heterocycles. The lowest BCUT2D eigenvalue weighted by Crippen LogP contribution is -2.43.